The van der Waals surface area contributed by atoms with Crippen molar-refractivity contribution < 1.29 is 30.9 Å². The van der Waals surface area contributed by atoms with Gasteiger partial charge in [0.2, 0.25) is 0 Å². The molecule has 1 saturated heterocycles. The summed E-state index contributed by atoms with van der Waals surface area (Å²) in [6, 6.07) is 2.17. The van der Waals surface area contributed by atoms with E-state index in [0.29, 0.717) is 17.7 Å². The van der Waals surface area contributed by atoms with Gasteiger partial charge in [0.1, 0.15) is 24.3 Å². The van der Waals surface area contributed by atoms with Crippen LogP contribution in [0.1, 0.15) is 12.0 Å². The Morgan fingerprint density at radius 2 is 2.04 bits per heavy atom. The number of hydrogen-bond acceptors (Lipinski definition) is 6. The standard InChI is InChI=1S/C16H17F2NO5S2/c1-26(21,22)23-9-12-8-19(16(20)24-12)11-6-13(17)15(14(18)7-11)10-2-4-25-5-3-10/h2,6-7,12H,3-5,8-9H2,1H3/t12-/m1/s1. The smallest absolute Gasteiger partial charge is 0.414 e. The summed E-state index contributed by atoms with van der Waals surface area (Å²) in [5.74, 6) is 0.00664. The van der Waals surface area contributed by atoms with E-state index in [4.69, 9.17) is 4.74 Å². The van der Waals surface area contributed by atoms with Crippen LogP contribution in [0.5, 0.6) is 0 Å². The molecule has 1 fully saturated rings. The summed E-state index contributed by atoms with van der Waals surface area (Å²) in [7, 11) is -3.68. The molecule has 142 valence electrons. The molecule has 1 aromatic carbocycles. The number of nitrogens with zero attached hydrogens (tertiary/aromatic N) is 1. The Morgan fingerprint density at radius 3 is 2.62 bits per heavy atom. The van der Waals surface area contributed by atoms with Crippen molar-refractivity contribution in [1.82, 2.24) is 0 Å². The maximum absolute atomic E-state index is 14.5. The van der Waals surface area contributed by atoms with Gasteiger partial charge in [-0.25, -0.2) is 13.6 Å². The molecule has 0 spiro atoms. The topological polar surface area (TPSA) is 72.9 Å². The molecule has 3 rings (SSSR count). The van der Waals surface area contributed by atoms with Crippen LogP contribution in [0.4, 0.5) is 19.3 Å². The number of carbonyl (C=O) groups excluding carboxylic acids is 1. The van der Waals surface area contributed by atoms with Crippen LogP contribution in [0.15, 0.2) is 18.2 Å². The highest BCUT2D eigenvalue weighted by molar-refractivity contribution is 7.99. The minimum atomic E-state index is -3.68. The van der Waals surface area contributed by atoms with Gasteiger partial charge >= 0.3 is 6.09 Å². The first-order chi connectivity index (χ1) is 12.2. The number of anilines is 1. The van der Waals surface area contributed by atoms with Crippen LogP contribution in [0.25, 0.3) is 5.57 Å². The molecule has 0 aliphatic carbocycles. The van der Waals surface area contributed by atoms with Crippen LogP contribution in [0.2, 0.25) is 0 Å². The Hall–Kier alpha value is -1.65. The quantitative estimate of drug-likeness (QED) is 0.702. The molecule has 2 aliphatic rings. The lowest BCUT2D eigenvalue weighted by Gasteiger charge is -2.18. The molecule has 10 heteroatoms. The van der Waals surface area contributed by atoms with Gasteiger partial charge in [-0.2, -0.15) is 20.2 Å². The van der Waals surface area contributed by atoms with Gasteiger partial charge in [0.05, 0.1) is 18.5 Å². The molecule has 6 nitrogen and oxygen atoms in total. The van der Waals surface area contributed by atoms with Crippen LogP contribution < -0.4 is 4.90 Å². The molecular formula is C16H17F2NO5S2. The van der Waals surface area contributed by atoms with E-state index in [1.165, 1.54) is 0 Å². The Labute approximate surface area is 154 Å². The van der Waals surface area contributed by atoms with Crippen molar-refractivity contribution in [3.63, 3.8) is 0 Å². The average molecular weight is 405 g/mol. The molecule has 0 saturated carbocycles. The number of cyclic esters (lactones) is 1. The number of ether oxygens (including phenoxy) is 1. The Kier molecular flexibility index (Phi) is 5.54. The molecule has 1 aromatic rings. The summed E-state index contributed by atoms with van der Waals surface area (Å²) in [5.41, 5.74) is 0.564. The second-order valence-corrected chi connectivity index (χ2v) is 8.74. The van der Waals surface area contributed by atoms with Crippen molar-refractivity contribution >= 4 is 39.2 Å². The van der Waals surface area contributed by atoms with Crippen molar-refractivity contribution in [2.24, 2.45) is 0 Å². The number of rotatable bonds is 5. The number of benzene rings is 1. The first-order valence-corrected chi connectivity index (χ1v) is 10.8. The summed E-state index contributed by atoms with van der Waals surface area (Å²) in [6.07, 6.45) is 1.60. The molecule has 0 radical (unpaired) electrons. The highest BCUT2D eigenvalue weighted by Gasteiger charge is 2.34. The largest absolute Gasteiger partial charge is 0.441 e. The number of allylic oxidation sites excluding steroid dienone is 1. The van der Waals surface area contributed by atoms with E-state index in [1.54, 1.807) is 17.8 Å². The zero-order valence-corrected chi connectivity index (χ0v) is 15.5. The van der Waals surface area contributed by atoms with E-state index in [2.05, 4.69) is 4.18 Å². The third-order valence-electron chi connectivity index (χ3n) is 3.97. The highest BCUT2D eigenvalue weighted by Crippen LogP contribution is 2.33. The summed E-state index contributed by atoms with van der Waals surface area (Å²) >= 11 is 1.69. The SMILES string of the molecule is CS(=O)(=O)OC[C@H]1CN(c2cc(F)c(C3=CCSCC3)c(F)c2)C(=O)O1. The maximum atomic E-state index is 14.5. The Bertz CT molecular complexity index is 833. The van der Waals surface area contributed by atoms with Gasteiger partial charge < -0.3 is 4.74 Å². The molecule has 2 heterocycles. The lowest BCUT2D eigenvalue weighted by Crippen LogP contribution is -2.26. The molecular weight excluding hydrogens is 388 g/mol. The van der Waals surface area contributed by atoms with E-state index >= 15 is 0 Å². The highest BCUT2D eigenvalue weighted by atomic mass is 32.2. The van der Waals surface area contributed by atoms with E-state index in [1.807, 2.05) is 0 Å². The minimum absolute atomic E-state index is 0.0152. The van der Waals surface area contributed by atoms with Crippen LogP contribution in [0.3, 0.4) is 0 Å². The summed E-state index contributed by atoms with van der Waals surface area (Å²) in [4.78, 5) is 13.0. The van der Waals surface area contributed by atoms with Gasteiger partial charge in [-0.3, -0.25) is 9.08 Å². The van der Waals surface area contributed by atoms with E-state index in [0.717, 1.165) is 29.0 Å². The van der Waals surface area contributed by atoms with Gasteiger partial charge in [0, 0.05) is 11.3 Å². The maximum Gasteiger partial charge on any atom is 0.414 e. The molecule has 2 aliphatic heterocycles. The van der Waals surface area contributed by atoms with Crippen molar-refractivity contribution in [1.29, 1.82) is 0 Å². The molecule has 1 atom stereocenters. The third-order valence-corrected chi connectivity index (χ3v) is 5.42. The average Bonchev–Trinajstić information content (AvgIpc) is 2.94. The normalized spacial score (nSPS) is 20.9. The summed E-state index contributed by atoms with van der Waals surface area (Å²) in [6.45, 7) is -0.416. The molecule has 0 aromatic heterocycles. The van der Waals surface area contributed by atoms with Crippen molar-refractivity contribution in [2.75, 3.05) is 35.8 Å². The van der Waals surface area contributed by atoms with Gasteiger partial charge in [0.25, 0.3) is 10.1 Å². The number of thioether (sulfide) groups is 1. The molecule has 1 amide bonds. The number of carbonyl (C=O) groups is 1. The second-order valence-electron chi connectivity index (χ2n) is 5.94. The first kappa shape index (κ1) is 19.1. The number of halogens is 2. The van der Waals surface area contributed by atoms with Crippen molar-refractivity contribution in [2.45, 2.75) is 12.5 Å². The third kappa shape index (κ3) is 4.36. The lowest BCUT2D eigenvalue weighted by molar-refractivity contribution is 0.107. The van der Waals surface area contributed by atoms with E-state index in [9.17, 15) is 22.0 Å². The van der Waals surface area contributed by atoms with Crippen LogP contribution in [-0.4, -0.2) is 51.5 Å². The van der Waals surface area contributed by atoms with Crippen molar-refractivity contribution in [3.8, 4) is 0 Å². The van der Waals surface area contributed by atoms with E-state index in [-0.39, 0.29) is 24.4 Å². The van der Waals surface area contributed by atoms with Crippen LogP contribution in [0, 0.1) is 11.6 Å². The lowest BCUT2D eigenvalue weighted by atomic mass is 10.0. The molecule has 26 heavy (non-hydrogen) atoms. The Morgan fingerprint density at radius 1 is 1.35 bits per heavy atom. The number of amides is 1. The zero-order valence-electron chi connectivity index (χ0n) is 13.9. The van der Waals surface area contributed by atoms with E-state index < -0.39 is 33.9 Å². The number of hydrogen-bond donors (Lipinski definition) is 0. The zero-order chi connectivity index (χ0) is 18.9. The van der Waals surface area contributed by atoms with Crippen LogP contribution in [-0.2, 0) is 19.0 Å². The minimum Gasteiger partial charge on any atom is -0.441 e. The summed E-state index contributed by atoms with van der Waals surface area (Å²) in [5, 5.41) is 0. The molecule has 0 N–H and O–H groups in total. The molecule has 0 bridgehead atoms. The fourth-order valence-corrected chi connectivity index (χ4v) is 4.04. The second kappa shape index (κ2) is 7.53. The Balaban J connectivity index is 1.79. The predicted octanol–water partition coefficient (Wildman–Crippen LogP) is 2.79. The fraction of sp³-hybridized carbons (Fsp3) is 0.438. The van der Waals surface area contributed by atoms with Crippen molar-refractivity contribution in [3.05, 3.63) is 35.4 Å². The van der Waals surface area contributed by atoms with Gasteiger partial charge in [-0.15, -0.1) is 0 Å². The fourth-order valence-electron chi connectivity index (χ4n) is 2.80. The monoisotopic (exact) mass is 405 g/mol. The van der Waals surface area contributed by atoms with Gasteiger partial charge in [-0.1, -0.05) is 6.08 Å². The first-order valence-electron chi connectivity index (χ1n) is 7.83. The summed E-state index contributed by atoms with van der Waals surface area (Å²) < 4.78 is 60.6. The molecule has 0 unspecified atom stereocenters. The van der Waals surface area contributed by atoms with Crippen LogP contribution >= 0.6 is 11.8 Å². The van der Waals surface area contributed by atoms with Gasteiger partial charge in [0.15, 0.2) is 0 Å². The predicted molar refractivity (Wildman–Crippen MR) is 94.7 cm³/mol. The van der Waals surface area contributed by atoms with Gasteiger partial charge in [-0.05, 0) is 29.9 Å².